The summed E-state index contributed by atoms with van der Waals surface area (Å²) in [5.74, 6) is -1.31. The molecule has 0 bridgehead atoms. The van der Waals surface area contributed by atoms with Crippen molar-refractivity contribution >= 4 is 18.1 Å². The highest BCUT2D eigenvalue weighted by Gasteiger charge is 2.60. The fraction of sp³-hybridized carbons (Fsp3) is 0.667. The van der Waals surface area contributed by atoms with E-state index in [0.29, 0.717) is 12.0 Å². The molecule has 68 heavy (non-hydrogen) atoms. The van der Waals surface area contributed by atoms with Crippen LogP contribution in [0.4, 0.5) is 9.59 Å². The highest BCUT2D eigenvalue weighted by molar-refractivity contribution is 5.80. The Balaban J connectivity index is 1.10. The van der Waals surface area contributed by atoms with Crippen LogP contribution in [0.25, 0.3) is 0 Å². The SMILES string of the molecule is CCCC(O)C(=O)NC1CC(C)C(OC2OC(CN)C3OC3C2NC(=O)OCc2ccccc2)C(OC2OC(CO)C(OC3OC(CN)C(O)C(O)C3NC(=O)OCc3ccccc3)C2O)C1O. The largest absolute Gasteiger partial charge is 0.445 e. The highest BCUT2D eigenvalue weighted by atomic mass is 16.8. The number of nitrogens with one attached hydrogen (secondary N) is 3. The van der Waals surface area contributed by atoms with Crippen LogP contribution in [0.3, 0.4) is 0 Å². The van der Waals surface area contributed by atoms with E-state index in [1.54, 1.807) is 68.4 Å². The summed E-state index contributed by atoms with van der Waals surface area (Å²) < 4.78 is 54.1. The Labute approximate surface area is 392 Å². The molecule has 0 aromatic heterocycles. The van der Waals surface area contributed by atoms with Gasteiger partial charge >= 0.3 is 12.2 Å². The van der Waals surface area contributed by atoms with Gasteiger partial charge in [-0.15, -0.1) is 0 Å². The lowest BCUT2D eigenvalue weighted by Crippen LogP contribution is -2.66. The maximum atomic E-state index is 13.2. The van der Waals surface area contributed by atoms with E-state index in [9.17, 15) is 45.0 Å². The minimum Gasteiger partial charge on any atom is -0.445 e. The van der Waals surface area contributed by atoms with Crippen LogP contribution < -0.4 is 27.4 Å². The summed E-state index contributed by atoms with van der Waals surface area (Å²) >= 11 is 0. The molecule has 4 heterocycles. The lowest BCUT2D eigenvalue weighted by atomic mass is 9.79. The molecule has 4 saturated heterocycles. The van der Waals surface area contributed by atoms with E-state index in [4.69, 9.17) is 54.1 Å². The third-order valence-electron chi connectivity index (χ3n) is 12.8. The summed E-state index contributed by atoms with van der Waals surface area (Å²) in [6.07, 6.45) is -22.0. The minimum absolute atomic E-state index is 0.0291. The summed E-state index contributed by atoms with van der Waals surface area (Å²) in [6, 6.07) is 14.3. The van der Waals surface area contributed by atoms with Crippen molar-refractivity contribution in [2.45, 2.75) is 163 Å². The zero-order chi connectivity index (χ0) is 48.6. The second-order valence-corrected chi connectivity index (χ2v) is 17.7. The fourth-order valence-corrected chi connectivity index (χ4v) is 9.08. The van der Waals surface area contributed by atoms with Gasteiger partial charge in [0.25, 0.3) is 0 Å². The van der Waals surface area contributed by atoms with Crippen LogP contribution >= 0.6 is 0 Å². The van der Waals surface area contributed by atoms with Gasteiger partial charge in [-0.05, 0) is 29.9 Å². The molecule has 20 atom stereocenters. The fourth-order valence-electron chi connectivity index (χ4n) is 9.08. The number of nitrogens with two attached hydrogens (primary N) is 2. The smallest absolute Gasteiger partial charge is 0.407 e. The second kappa shape index (κ2) is 23.6. The highest BCUT2D eigenvalue weighted by Crippen LogP contribution is 2.41. The van der Waals surface area contributed by atoms with E-state index in [0.717, 1.165) is 5.56 Å². The van der Waals surface area contributed by atoms with Crippen molar-refractivity contribution in [3.05, 3.63) is 71.8 Å². The van der Waals surface area contributed by atoms with Crippen LogP contribution in [0.2, 0.25) is 0 Å². The number of rotatable bonds is 19. The number of ether oxygens (including phenoxy) is 9. The van der Waals surface area contributed by atoms with Crippen molar-refractivity contribution in [2.24, 2.45) is 17.4 Å². The van der Waals surface area contributed by atoms with Crippen molar-refractivity contribution in [2.75, 3.05) is 19.7 Å². The maximum absolute atomic E-state index is 13.2. The number of carbonyl (C=O) groups excluding carboxylic acids is 3. The summed E-state index contributed by atoms with van der Waals surface area (Å²) in [5, 5.41) is 74.9. The first-order valence-electron chi connectivity index (χ1n) is 23.0. The van der Waals surface area contributed by atoms with E-state index < -0.39 is 147 Å². The molecule has 0 radical (unpaired) electrons. The van der Waals surface area contributed by atoms with Crippen LogP contribution in [-0.2, 0) is 60.6 Å². The number of carbonyl (C=O) groups is 3. The average molecular weight is 964 g/mol. The van der Waals surface area contributed by atoms with Crippen molar-refractivity contribution in [3.63, 3.8) is 0 Å². The van der Waals surface area contributed by atoms with Crippen molar-refractivity contribution < 1.29 is 87.7 Å². The van der Waals surface area contributed by atoms with Crippen molar-refractivity contribution in [3.8, 4) is 0 Å². The number of amides is 3. The van der Waals surface area contributed by atoms with Crippen LogP contribution in [-0.4, -0.2) is 185 Å². The first kappa shape index (κ1) is 51.7. The molecule has 378 valence electrons. The van der Waals surface area contributed by atoms with Crippen LogP contribution in [0.1, 0.15) is 44.2 Å². The quantitative estimate of drug-likeness (QED) is 0.0660. The lowest BCUT2D eigenvalue weighted by molar-refractivity contribution is -0.294. The number of epoxide rings is 1. The first-order valence-corrected chi connectivity index (χ1v) is 23.0. The molecule has 4 aliphatic heterocycles. The molecule has 23 heteroatoms. The van der Waals surface area contributed by atoms with Crippen LogP contribution in [0.15, 0.2) is 60.7 Å². The topological polar surface area (TPSA) is 347 Å². The molecule has 1 saturated carbocycles. The standard InChI is InChI=1S/C45H65N5O18/c1-3-10-25(52)40(57)48-24-15-21(2)35(66-42-30(38-37(65-38)27(17-47)63-42)50-45(59)61-20-23-13-8-5-9-14-23)39(31(24)53)68-43-34(56)36(28(18-51)64-43)67-41-29(33(55)32(54)26(16-46)62-41)49-44(58)60-19-22-11-6-4-7-12-22/h4-9,11-14,21,24-39,41-43,51-56H,3,10,15-20,46-47H2,1-2H3,(H,48,57)(H,49,58)(H,50,59). The number of fused-ring (bicyclic) bond motifs is 1. The Morgan fingerprint density at radius 3 is 1.79 bits per heavy atom. The molecule has 1 aliphatic carbocycles. The van der Waals surface area contributed by atoms with Gasteiger partial charge in [-0.25, -0.2) is 9.59 Å². The molecule has 5 aliphatic rings. The maximum Gasteiger partial charge on any atom is 0.407 e. The number of aliphatic hydroxyl groups excluding tert-OH is 6. The average Bonchev–Trinajstić information content (AvgIpc) is 4.09. The monoisotopic (exact) mass is 963 g/mol. The van der Waals surface area contributed by atoms with E-state index in [1.165, 1.54) is 0 Å². The molecular weight excluding hydrogens is 899 g/mol. The van der Waals surface area contributed by atoms with Gasteiger partial charge in [-0.2, -0.15) is 0 Å². The Hall–Kier alpha value is -4.15. The molecule has 23 nitrogen and oxygen atoms in total. The van der Waals surface area contributed by atoms with Gasteiger partial charge in [-0.1, -0.05) is 80.9 Å². The lowest BCUT2D eigenvalue weighted by Gasteiger charge is -2.47. The van der Waals surface area contributed by atoms with Gasteiger partial charge in [-0.3, -0.25) is 4.79 Å². The molecule has 0 spiro atoms. The number of hydrogen-bond donors (Lipinski definition) is 11. The van der Waals surface area contributed by atoms with Gasteiger partial charge < -0.3 is 101 Å². The second-order valence-electron chi connectivity index (χ2n) is 17.7. The summed E-state index contributed by atoms with van der Waals surface area (Å²) in [4.78, 5) is 39.3. The number of aliphatic hydroxyl groups is 6. The zero-order valence-corrected chi connectivity index (χ0v) is 37.7. The summed E-state index contributed by atoms with van der Waals surface area (Å²) in [7, 11) is 0. The van der Waals surface area contributed by atoms with Gasteiger partial charge in [0.2, 0.25) is 5.91 Å². The Morgan fingerprint density at radius 1 is 0.662 bits per heavy atom. The summed E-state index contributed by atoms with van der Waals surface area (Å²) in [6.45, 7) is 2.37. The van der Waals surface area contributed by atoms with Gasteiger partial charge in [0.05, 0.1) is 18.8 Å². The van der Waals surface area contributed by atoms with E-state index in [2.05, 4.69) is 16.0 Å². The van der Waals surface area contributed by atoms with Gasteiger partial charge in [0.1, 0.15) is 98.5 Å². The minimum atomic E-state index is -1.78. The third-order valence-corrected chi connectivity index (χ3v) is 12.8. The third kappa shape index (κ3) is 12.2. The zero-order valence-electron chi connectivity index (χ0n) is 37.7. The Bertz CT molecular complexity index is 1930. The molecule has 20 unspecified atom stereocenters. The molecular formula is C45H65N5O18. The van der Waals surface area contributed by atoms with E-state index in [1.807, 2.05) is 6.07 Å². The van der Waals surface area contributed by atoms with Gasteiger partial charge in [0, 0.05) is 13.1 Å². The normalized spacial score (nSPS) is 38.1. The van der Waals surface area contributed by atoms with Gasteiger partial charge in [0.15, 0.2) is 18.9 Å². The first-order chi connectivity index (χ1) is 32.7. The Kier molecular flexibility index (Phi) is 18.0. The number of benzene rings is 2. The molecule has 2 aromatic rings. The number of hydrogen-bond acceptors (Lipinski definition) is 20. The van der Waals surface area contributed by atoms with Crippen LogP contribution in [0.5, 0.6) is 0 Å². The molecule has 13 N–H and O–H groups in total. The Morgan fingerprint density at radius 2 is 1.21 bits per heavy atom. The summed E-state index contributed by atoms with van der Waals surface area (Å²) in [5.41, 5.74) is 13.3. The molecule has 2 aromatic carbocycles. The molecule has 3 amide bonds. The van der Waals surface area contributed by atoms with Crippen LogP contribution in [0, 0.1) is 5.92 Å². The van der Waals surface area contributed by atoms with E-state index in [-0.39, 0.29) is 39.1 Å². The van der Waals surface area contributed by atoms with Crippen molar-refractivity contribution in [1.29, 1.82) is 0 Å². The van der Waals surface area contributed by atoms with Crippen molar-refractivity contribution in [1.82, 2.24) is 16.0 Å². The predicted octanol–water partition coefficient (Wildman–Crippen LogP) is -2.29. The molecule has 5 fully saturated rings. The predicted molar refractivity (Wildman–Crippen MR) is 232 cm³/mol. The molecule has 7 rings (SSSR count). The number of alkyl carbamates (subject to hydrolysis) is 2. The van der Waals surface area contributed by atoms with E-state index >= 15 is 0 Å².